The zero-order valence-electron chi connectivity index (χ0n) is 15.0. The molecule has 0 aromatic carbocycles. The zero-order valence-corrected chi connectivity index (χ0v) is 15.0. The lowest BCUT2D eigenvalue weighted by Crippen LogP contribution is -2.38. The highest BCUT2D eigenvalue weighted by atomic mass is 16.2. The third-order valence-electron chi connectivity index (χ3n) is 5.52. The van der Waals surface area contributed by atoms with Gasteiger partial charge in [-0.1, -0.05) is 5.21 Å². The van der Waals surface area contributed by atoms with Gasteiger partial charge in [0.15, 0.2) is 0 Å². The van der Waals surface area contributed by atoms with Crippen molar-refractivity contribution in [3.63, 3.8) is 0 Å². The largest absolute Gasteiger partial charge is 0.338 e. The van der Waals surface area contributed by atoms with Crippen LogP contribution in [0.4, 0.5) is 0 Å². The predicted molar refractivity (Wildman–Crippen MR) is 93.1 cm³/mol. The molecule has 1 saturated carbocycles. The standard InChI is InChI=1S/C18H26N6O/c1-12-16(13(2)20-19-12)7-8-18(25)24-9-3-4-15(24)10-23-11-17(21-22-23)14-5-6-14/h11,14-15H,3-10H2,1-2H3,(H,19,20)/t15-/m0/s1. The van der Waals surface area contributed by atoms with Gasteiger partial charge in [0.1, 0.15) is 0 Å². The van der Waals surface area contributed by atoms with E-state index in [4.69, 9.17) is 0 Å². The molecule has 1 N–H and O–H groups in total. The smallest absolute Gasteiger partial charge is 0.223 e. The molecular weight excluding hydrogens is 316 g/mol. The molecule has 0 radical (unpaired) electrons. The van der Waals surface area contributed by atoms with E-state index in [2.05, 4.69) is 26.7 Å². The van der Waals surface area contributed by atoms with E-state index in [1.807, 2.05) is 23.4 Å². The lowest BCUT2D eigenvalue weighted by Gasteiger charge is -2.24. The van der Waals surface area contributed by atoms with Crippen LogP contribution in [-0.2, 0) is 17.8 Å². The molecule has 3 heterocycles. The van der Waals surface area contributed by atoms with E-state index in [1.165, 1.54) is 18.4 Å². The minimum Gasteiger partial charge on any atom is -0.338 e. The summed E-state index contributed by atoms with van der Waals surface area (Å²) in [6.07, 6.45) is 7.96. The molecule has 1 aliphatic heterocycles. The quantitative estimate of drug-likeness (QED) is 0.872. The molecule has 2 fully saturated rings. The van der Waals surface area contributed by atoms with Crippen molar-refractivity contribution in [1.29, 1.82) is 0 Å². The number of aryl methyl sites for hydroxylation is 2. The second-order valence-electron chi connectivity index (χ2n) is 7.44. The minimum absolute atomic E-state index is 0.241. The normalized spacial score (nSPS) is 20.4. The maximum Gasteiger partial charge on any atom is 0.223 e. The lowest BCUT2D eigenvalue weighted by molar-refractivity contribution is -0.132. The second-order valence-corrected chi connectivity index (χ2v) is 7.44. The lowest BCUT2D eigenvalue weighted by atomic mass is 10.1. The SMILES string of the molecule is Cc1n[nH]c(C)c1CCC(=O)N1CCC[C@H]1Cn1cc(C2CC2)nn1. The van der Waals surface area contributed by atoms with Gasteiger partial charge in [-0.2, -0.15) is 5.10 Å². The van der Waals surface area contributed by atoms with Crippen LogP contribution in [0.1, 0.15) is 60.7 Å². The molecule has 2 aromatic rings. The number of carbonyl (C=O) groups excluding carboxylic acids is 1. The number of carbonyl (C=O) groups is 1. The van der Waals surface area contributed by atoms with Crippen LogP contribution in [0.3, 0.4) is 0 Å². The third kappa shape index (κ3) is 3.45. The van der Waals surface area contributed by atoms with E-state index in [0.29, 0.717) is 12.3 Å². The highest BCUT2D eigenvalue weighted by Gasteiger charge is 2.30. The molecular formula is C18H26N6O. The highest BCUT2D eigenvalue weighted by Crippen LogP contribution is 2.38. The Morgan fingerprint density at radius 1 is 1.32 bits per heavy atom. The van der Waals surface area contributed by atoms with Gasteiger partial charge in [-0.15, -0.1) is 5.10 Å². The molecule has 134 valence electrons. The van der Waals surface area contributed by atoms with Crippen LogP contribution in [-0.4, -0.2) is 48.6 Å². The van der Waals surface area contributed by atoms with Gasteiger partial charge in [0.05, 0.1) is 24.0 Å². The van der Waals surface area contributed by atoms with Gasteiger partial charge in [-0.25, -0.2) is 0 Å². The van der Waals surface area contributed by atoms with Crippen molar-refractivity contribution < 1.29 is 4.79 Å². The van der Waals surface area contributed by atoms with Crippen molar-refractivity contribution in [2.24, 2.45) is 0 Å². The van der Waals surface area contributed by atoms with Crippen LogP contribution in [0.25, 0.3) is 0 Å². The van der Waals surface area contributed by atoms with Gasteiger partial charge in [-0.05, 0) is 51.5 Å². The maximum absolute atomic E-state index is 12.7. The van der Waals surface area contributed by atoms with Gasteiger partial charge >= 0.3 is 0 Å². The van der Waals surface area contributed by atoms with E-state index in [1.54, 1.807) is 0 Å². The summed E-state index contributed by atoms with van der Waals surface area (Å²) >= 11 is 0. The molecule has 25 heavy (non-hydrogen) atoms. The van der Waals surface area contributed by atoms with Crippen LogP contribution in [0.2, 0.25) is 0 Å². The fourth-order valence-electron chi connectivity index (χ4n) is 3.86. The number of hydrogen-bond acceptors (Lipinski definition) is 4. The topological polar surface area (TPSA) is 79.7 Å². The van der Waals surface area contributed by atoms with Crippen molar-refractivity contribution in [2.75, 3.05) is 6.54 Å². The Morgan fingerprint density at radius 3 is 2.88 bits per heavy atom. The number of amides is 1. The third-order valence-corrected chi connectivity index (χ3v) is 5.52. The molecule has 2 aromatic heterocycles. The summed E-state index contributed by atoms with van der Waals surface area (Å²) in [6, 6.07) is 0.243. The molecule has 7 heteroatoms. The summed E-state index contributed by atoms with van der Waals surface area (Å²) in [4.78, 5) is 14.8. The molecule has 7 nitrogen and oxygen atoms in total. The second kappa shape index (κ2) is 6.61. The van der Waals surface area contributed by atoms with Crippen molar-refractivity contribution in [2.45, 2.75) is 70.9 Å². The maximum atomic E-state index is 12.7. The van der Waals surface area contributed by atoms with Crippen molar-refractivity contribution in [3.8, 4) is 0 Å². The monoisotopic (exact) mass is 342 g/mol. The Bertz CT molecular complexity index is 740. The van der Waals surface area contributed by atoms with E-state index >= 15 is 0 Å². The van der Waals surface area contributed by atoms with Gasteiger partial charge in [-0.3, -0.25) is 14.6 Å². The summed E-state index contributed by atoms with van der Waals surface area (Å²) < 4.78 is 1.92. The van der Waals surface area contributed by atoms with Crippen LogP contribution >= 0.6 is 0 Å². The summed E-state index contributed by atoms with van der Waals surface area (Å²) in [5, 5.41) is 15.7. The first-order valence-electron chi connectivity index (χ1n) is 9.31. The molecule has 1 aliphatic carbocycles. The average Bonchev–Trinajstić information content (AvgIpc) is 3.01. The van der Waals surface area contributed by atoms with Crippen LogP contribution in [0.5, 0.6) is 0 Å². The van der Waals surface area contributed by atoms with Gasteiger partial charge in [0.2, 0.25) is 5.91 Å². The number of likely N-dealkylation sites (tertiary alicyclic amines) is 1. The van der Waals surface area contributed by atoms with Crippen LogP contribution in [0.15, 0.2) is 6.20 Å². The number of aromatic nitrogens is 5. The number of aromatic amines is 1. The zero-order chi connectivity index (χ0) is 17.4. The number of hydrogen-bond donors (Lipinski definition) is 1. The molecule has 1 saturated heterocycles. The Labute approximate surface area is 147 Å². The summed E-state index contributed by atoms with van der Waals surface area (Å²) in [7, 11) is 0. The van der Waals surface area contributed by atoms with Crippen molar-refractivity contribution >= 4 is 5.91 Å². The molecule has 2 aliphatic rings. The average molecular weight is 342 g/mol. The molecule has 1 atom stereocenters. The Kier molecular flexibility index (Phi) is 4.31. The first-order chi connectivity index (χ1) is 12.1. The molecule has 0 bridgehead atoms. The van der Waals surface area contributed by atoms with E-state index in [9.17, 15) is 4.79 Å². The Hall–Kier alpha value is -2.18. The summed E-state index contributed by atoms with van der Waals surface area (Å²) in [5.74, 6) is 0.863. The number of rotatable bonds is 6. The van der Waals surface area contributed by atoms with Gasteiger partial charge in [0.25, 0.3) is 0 Å². The van der Waals surface area contributed by atoms with Crippen LogP contribution < -0.4 is 0 Å². The van der Waals surface area contributed by atoms with E-state index in [-0.39, 0.29) is 11.9 Å². The Morgan fingerprint density at radius 2 is 2.16 bits per heavy atom. The number of nitrogens with zero attached hydrogens (tertiary/aromatic N) is 5. The molecule has 0 unspecified atom stereocenters. The van der Waals surface area contributed by atoms with E-state index < -0.39 is 0 Å². The predicted octanol–water partition coefficient (Wildman–Crippen LogP) is 2.12. The first kappa shape index (κ1) is 16.3. The highest BCUT2D eigenvalue weighted by molar-refractivity contribution is 5.77. The Balaban J connectivity index is 1.35. The van der Waals surface area contributed by atoms with Crippen molar-refractivity contribution in [1.82, 2.24) is 30.1 Å². The molecule has 1 amide bonds. The van der Waals surface area contributed by atoms with Crippen molar-refractivity contribution in [3.05, 3.63) is 28.8 Å². The number of H-pyrrole nitrogens is 1. The molecule has 0 spiro atoms. The minimum atomic E-state index is 0.241. The van der Waals surface area contributed by atoms with Gasteiger partial charge in [0, 0.05) is 30.8 Å². The van der Waals surface area contributed by atoms with E-state index in [0.717, 1.165) is 49.4 Å². The molecule has 4 rings (SSSR count). The number of nitrogens with one attached hydrogen (secondary N) is 1. The van der Waals surface area contributed by atoms with Gasteiger partial charge < -0.3 is 4.90 Å². The fraction of sp³-hybridized carbons (Fsp3) is 0.667. The summed E-state index contributed by atoms with van der Waals surface area (Å²) in [5.41, 5.74) is 4.35. The first-order valence-corrected chi connectivity index (χ1v) is 9.31. The van der Waals surface area contributed by atoms with Crippen LogP contribution in [0, 0.1) is 13.8 Å². The summed E-state index contributed by atoms with van der Waals surface area (Å²) in [6.45, 7) is 5.62. The fourth-order valence-corrected chi connectivity index (χ4v) is 3.86.